The van der Waals surface area contributed by atoms with Crippen LogP contribution in [0.15, 0.2) is 18.5 Å². The van der Waals surface area contributed by atoms with Gasteiger partial charge in [0.25, 0.3) is 0 Å². The van der Waals surface area contributed by atoms with Gasteiger partial charge in [-0.15, -0.1) is 0 Å². The molecule has 4 aliphatic carbocycles. The molecule has 0 spiro atoms. The fraction of sp³-hybridized carbons (Fsp3) is 0.902. The highest BCUT2D eigenvalue weighted by Crippen LogP contribution is 2.70. The third-order valence-corrected chi connectivity index (χ3v) is 15.8. The van der Waals surface area contributed by atoms with Crippen LogP contribution in [0.4, 0.5) is 0 Å². The van der Waals surface area contributed by atoms with Crippen molar-refractivity contribution in [1.82, 2.24) is 10.2 Å². The summed E-state index contributed by atoms with van der Waals surface area (Å²) in [4.78, 5) is 0. The Labute approximate surface area is 324 Å². The van der Waals surface area contributed by atoms with Gasteiger partial charge in [0.2, 0.25) is 0 Å². The number of aliphatic hydroxyl groups is 6. The van der Waals surface area contributed by atoms with Gasteiger partial charge in [0.15, 0.2) is 18.9 Å². The van der Waals surface area contributed by atoms with Crippen molar-refractivity contribution in [3.63, 3.8) is 0 Å². The Kier molecular flexibility index (Phi) is 11.3. The first-order valence-electron chi connectivity index (χ1n) is 20.9. The van der Waals surface area contributed by atoms with Gasteiger partial charge < -0.3 is 59.1 Å². The van der Waals surface area contributed by atoms with Crippen LogP contribution in [0, 0.1) is 28.6 Å². The van der Waals surface area contributed by atoms with E-state index in [1.165, 1.54) is 0 Å². The van der Waals surface area contributed by atoms with Crippen molar-refractivity contribution in [2.45, 2.75) is 203 Å². The molecule has 0 aromatic carbocycles. The Morgan fingerprint density at radius 1 is 0.673 bits per heavy atom. The molecule has 3 aliphatic heterocycles. The predicted molar refractivity (Wildman–Crippen MR) is 195 cm³/mol. The van der Waals surface area contributed by atoms with Crippen molar-refractivity contribution >= 4 is 0 Å². The van der Waals surface area contributed by atoms with E-state index >= 15 is 0 Å². The Balaban J connectivity index is 0.840. The molecule has 21 unspecified atom stereocenters. The Bertz CT molecular complexity index is 1440. The van der Waals surface area contributed by atoms with E-state index < -0.39 is 90.9 Å². The second kappa shape index (κ2) is 15.3. The van der Waals surface area contributed by atoms with Gasteiger partial charge >= 0.3 is 0 Å². The maximum absolute atomic E-state index is 12.6. The van der Waals surface area contributed by atoms with E-state index in [1.54, 1.807) is 26.2 Å². The average molecular weight is 777 g/mol. The number of hydrogen-bond donors (Lipinski definition) is 6. The van der Waals surface area contributed by atoms with Gasteiger partial charge in [-0.1, -0.05) is 13.8 Å². The molecule has 7 fully saturated rings. The number of aliphatic hydroxyl groups excluding tert-OH is 5. The fourth-order valence-electron chi connectivity index (χ4n) is 12.6. The molecule has 310 valence electrons. The normalized spacial score (nSPS) is 54.2. The molecule has 14 nitrogen and oxygen atoms in total. The monoisotopic (exact) mass is 776 g/mol. The molecule has 6 N–H and O–H groups in total. The van der Waals surface area contributed by atoms with Gasteiger partial charge in [-0.05, 0) is 113 Å². The topological polar surface area (TPSA) is 203 Å². The molecule has 4 saturated carbocycles. The van der Waals surface area contributed by atoms with Crippen molar-refractivity contribution in [2.75, 3.05) is 0 Å². The second-order valence-corrected chi connectivity index (χ2v) is 18.7. The van der Waals surface area contributed by atoms with E-state index in [0.717, 1.165) is 44.1 Å². The summed E-state index contributed by atoms with van der Waals surface area (Å²) < 4.78 is 36.9. The molecule has 0 radical (unpaired) electrons. The number of ether oxygens (including phenoxy) is 6. The van der Waals surface area contributed by atoms with Crippen LogP contribution < -0.4 is 0 Å². The molecule has 7 aliphatic rings. The lowest BCUT2D eigenvalue weighted by Gasteiger charge is -2.65. The first kappa shape index (κ1) is 40.4. The second-order valence-electron chi connectivity index (χ2n) is 18.7. The third kappa shape index (κ3) is 7.01. The molecule has 1 aromatic heterocycles. The van der Waals surface area contributed by atoms with Crippen molar-refractivity contribution in [2.24, 2.45) is 28.6 Å². The van der Waals surface area contributed by atoms with Crippen LogP contribution in [-0.2, 0) is 28.4 Å². The van der Waals surface area contributed by atoms with Crippen LogP contribution in [0.1, 0.15) is 117 Å². The summed E-state index contributed by atoms with van der Waals surface area (Å²) >= 11 is 0. The van der Waals surface area contributed by atoms with Gasteiger partial charge in [0.05, 0.1) is 60.6 Å². The summed E-state index contributed by atoms with van der Waals surface area (Å²) in [5.41, 5.74) is -0.561. The highest BCUT2D eigenvalue weighted by Gasteiger charge is 2.70. The minimum absolute atomic E-state index is 0.0202. The Morgan fingerprint density at radius 3 is 1.89 bits per heavy atom. The highest BCUT2D eigenvalue weighted by molar-refractivity contribution is 5.28. The quantitative estimate of drug-likeness (QED) is 0.221. The van der Waals surface area contributed by atoms with Gasteiger partial charge in [0, 0.05) is 30.9 Å². The van der Waals surface area contributed by atoms with Crippen molar-refractivity contribution in [3.8, 4) is 0 Å². The zero-order valence-corrected chi connectivity index (χ0v) is 32.9. The lowest BCUT2D eigenvalue weighted by atomic mass is 9.42. The number of nitrogens with zero attached hydrogens (tertiary/aromatic N) is 2. The summed E-state index contributed by atoms with van der Waals surface area (Å²) in [6, 6.07) is 1.98. The van der Waals surface area contributed by atoms with E-state index in [0.29, 0.717) is 18.8 Å². The van der Waals surface area contributed by atoms with Gasteiger partial charge in [-0.2, -0.15) is 10.2 Å². The van der Waals surface area contributed by atoms with Crippen LogP contribution in [0.5, 0.6) is 0 Å². The summed E-state index contributed by atoms with van der Waals surface area (Å²) in [6.07, 6.45) is 0.987. The lowest BCUT2D eigenvalue weighted by molar-refractivity contribution is -0.336. The number of rotatable bonds is 7. The van der Waals surface area contributed by atoms with Crippen LogP contribution in [0.25, 0.3) is 0 Å². The SMILES string of the molecule is CC1OC(OC2C(O)CC(OC3C(O)CC(OC4CCC5(C)C(CCC6C5CC(O)C5(C)C(c7ccnnc7)CCC65O)C4)OC3C)OC2C)CC(O)C1O. The first-order chi connectivity index (χ1) is 26.1. The van der Waals surface area contributed by atoms with E-state index in [2.05, 4.69) is 24.0 Å². The minimum atomic E-state index is -1.000. The zero-order valence-electron chi connectivity index (χ0n) is 32.9. The Hall–Kier alpha value is -1.40. The summed E-state index contributed by atoms with van der Waals surface area (Å²) in [7, 11) is 0. The molecule has 1 aromatic rings. The standard InChI is InChI=1S/C41H64N2O12/c1-20-36(48)29(44)16-34(50-20)54-38-22(3)52-35(18-31(38)46)55-37-21(2)51-33(17-30(37)45)53-25-8-11-39(4)24(14-25)6-7-27-28(39)15-32(47)40(5)26(9-12-41(27,40)49)23-10-13-42-43-19-23/h10,13,19-22,24-38,44-49H,6-9,11-12,14-18H2,1-5H3. The number of aromatic nitrogens is 2. The largest absolute Gasteiger partial charge is 0.392 e. The summed E-state index contributed by atoms with van der Waals surface area (Å²) in [5, 5.41) is 75.1. The minimum Gasteiger partial charge on any atom is -0.392 e. The summed E-state index contributed by atoms with van der Waals surface area (Å²) in [6.45, 7) is 9.76. The molecular formula is C41H64N2O12. The zero-order chi connectivity index (χ0) is 39.0. The van der Waals surface area contributed by atoms with E-state index in [1.807, 2.05) is 13.0 Å². The highest BCUT2D eigenvalue weighted by atomic mass is 16.7. The van der Waals surface area contributed by atoms with Crippen LogP contribution >= 0.6 is 0 Å². The average Bonchev–Trinajstić information content (AvgIpc) is 3.43. The van der Waals surface area contributed by atoms with Crippen LogP contribution in [-0.4, -0.2) is 132 Å². The van der Waals surface area contributed by atoms with Crippen LogP contribution in [0.2, 0.25) is 0 Å². The molecule has 55 heavy (non-hydrogen) atoms. The van der Waals surface area contributed by atoms with Crippen molar-refractivity contribution in [3.05, 3.63) is 24.0 Å². The molecule has 21 atom stereocenters. The van der Waals surface area contributed by atoms with Crippen LogP contribution in [0.3, 0.4) is 0 Å². The van der Waals surface area contributed by atoms with E-state index in [-0.39, 0.29) is 48.5 Å². The van der Waals surface area contributed by atoms with E-state index in [9.17, 15) is 30.6 Å². The predicted octanol–water partition coefficient (Wildman–Crippen LogP) is 2.69. The van der Waals surface area contributed by atoms with Crippen molar-refractivity contribution in [1.29, 1.82) is 0 Å². The molecular weight excluding hydrogens is 712 g/mol. The van der Waals surface area contributed by atoms with E-state index in [4.69, 9.17) is 28.4 Å². The molecule has 0 bridgehead atoms. The molecule has 3 saturated heterocycles. The molecule has 14 heteroatoms. The lowest BCUT2D eigenvalue weighted by Crippen LogP contribution is -2.66. The summed E-state index contributed by atoms with van der Waals surface area (Å²) in [5.74, 6) is 0.777. The molecule has 4 heterocycles. The third-order valence-electron chi connectivity index (χ3n) is 15.8. The Morgan fingerprint density at radius 2 is 1.29 bits per heavy atom. The number of fused-ring (bicyclic) bond motifs is 5. The molecule has 8 rings (SSSR count). The fourth-order valence-corrected chi connectivity index (χ4v) is 12.6. The van der Waals surface area contributed by atoms with Gasteiger partial charge in [-0.25, -0.2) is 0 Å². The first-order valence-corrected chi connectivity index (χ1v) is 20.9. The van der Waals surface area contributed by atoms with Gasteiger partial charge in [-0.3, -0.25) is 0 Å². The number of hydrogen-bond acceptors (Lipinski definition) is 14. The molecule has 0 amide bonds. The maximum Gasteiger partial charge on any atom is 0.161 e. The maximum atomic E-state index is 12.6. The smallest absolute Gasteiger partial charge is 0.161 e. The van der Waals surface area contributed by atoms with Crippen molar-refractivity contribution < 1.29 is 59.1 Å². The van der Waals surface area contributed by atoms with Gasteiger partial charge in [0.1, 0.15) is 18.3 Å².